The quantitative estimate of drug-likeness (QED) is 0.160. The lowest BCUT2D eigenvalue weighted by atomic mass is 10.2. The number of carbonyl (C=O) groups is 1. The van der Waals surface area contributed by atoms with Crippen molar-refractivity contribution in [3.63, 3.8) is 0 Å². The molecule has 1 N–H and O–H groups in total. The van der Waals surface area contributed by atoms with Gasteiger partial charge in [-0.15, -0.1) is 0 Å². The largest absolute Gasteiger partial charge is 0.464 e. The molecule has 0 radical (unpaired) electrons. The maximum absolute atomic E-state index is 13.9. The molecule has 0 fully saturated rings. The van der Waals surface area contributed by atoms with Gasteiger partial charge in [0.25, 0.3) is 10.0 Å². The maximum atomic E-state index is 13.9. The zero-order chi connectivity index (χ0) is 29.6. The van der Waals surface area contributed by atoms with Gasteiger partial charge >= 0.3 is 5.97 Å². The molecule has 2 aromatic carbocycles. The molecule has 0 aliphatic carbocycles. The number of likely N-dealkylation sites (N-methyl/N-ethyl adjacent to an activating group) is 1. The van der Waals surface area contributed by atoms with Gasteiger partial charge in [0.2, 0.25) is 0 Å². The summed E-state index contributed by atoms with van der Waals surface area (Å²) >= 11 is 3.39. The van der Waals surface area contributed by atoms with Crippen molar-refractivity contribution >= 4 is 54.3 Å². The van der Waals surface area contributed by atoms with Gasteiger partial charge in [-0.1, -0.05) is 29.3 Å². The second-order valence-electron chi connectivity index (χ2n) is 9.97. The Kier molecular flexibility index (Phi) is 10.0. The predicted molar refractivity (Wildman–Crippen MR) is 165 cm³/mol. The minimum absolute atomic E-state index is 0.0814. The normalized spacial score (nSPS) is 11.7. The van der Waals surface area contributed by atoms with Crippen molar-refractivity contribution in [2.45, 2.75) is 31.6 Å². The van der Waals surface area contributed by atoms with Gasteiger partial charge in [0.05, 0.1) is 35.1 Å². The number of hydrogen-bond acceptors (Lipinski definition) is 8. The van der Waals surface area contributed by atoms with E-state index in [-0.39, 0.29) is 11.5 Å². The minimum atomic E-state index is -4.09. The molecule has 0 spiro atoms. The monoisotopic (exact) mass is 642 g/mol. The second-order valence-corrected chi connectivity index (χ2v) is 12.7. The fourth-order valence-corrected chi connectivity index (χ4v) is 6.51. The van der Waals surface area contributed by atoms with Crippen LogP contribution in [-0.4, -0.2) is 74.2 Å². The van der Waals surface area contributed by atoms with Crippen LogP contribution in [0.4, 0.5) is 11.5 Å². The summed E-state index contributed by atoms with van der Waals surface area (Å²) in [6.45, 7) is 5.23. The first-order chi connectivity index (χ1) is 19.6. The van der Waals surface area contributed by atoms with Crippen LogP contribution in [0, 0.1) is 6.92 Å². The predicted octanol–water partition coefficient (Wildman–Crippen LogP) is 5.00. The van der Waals surface area contributed by atoms with Crippen LogP contribution in [0.15, 0.2) is 70.4 Å². The van der Waals surface area contributed by atoms with Crippen molar-refractivity contribution in [2.24, 2.45) is 0 Å². The maximum Gasteiger partial charge on any atom is 0.326 e. The van der Waals surface area contributed by atoms with E-state index in [2.05, 4.69) is 36.1 Å². The number of nitrogens with one attached hydrogen (secondary N) is 1. The third-order valence-electron chi connectivity index (χ3n) is 6.35. The van der Waals surface area contributed by atoms with E-state index < -0.39 is 22.5 Å². The molecule has 218 valence electrons. The molecule has 0 aliphatic rings. The van der Waals surface area contributed by atoms with Crippen LogP contribution in [0.2, 0.25) is 0 Å². The molecular weight excluding hydrogens is 608 g/mol. The van der Waals surface area contributed by atoms with E-state index in [1.165, 1.54) is 6.07 Å². The number of anilines is 2. The third kappa shape index (κ3) is 7.63. The summed E-state index contributed by atoms with van der Waals surface area (Å²) in [5.74, 6) is 0.698. The van der Waals surface area contributed by atoms with Gasteiger partial charge < -0.3 is 15.0 Å². The number of benzene rings is 2. The molecular formula is C29H35BrN6O4S. The van der Waals surface area contributed by atoms with Crippen molar-refractivity contribution in [3.05, 3.63) is 71.1 Å². The molecule has 4 aromatic rings. The van der Waals surface area contributed by atoms with Gasteiger partial charge in [-0.05, 0) is 75.5 Å². The van der Waals surface area contributed by atoms with Crippen molar-refractivity contribution in [1.29, 1.82) is 0 Å². The average molecular weight is 644 g/mol. The van der Waals surface area contributed by atoms with E-state index in [9.17, 15) is 13.2 Å². The van der Waals surface area contributed by atoms with Gasteiger partial charge in [-0.3, -0.25) is 13.7 Å². The number of halogens is 1. The number of nitrogens with zero attached hydrogens (tertiary/aromatic N) is 5. The number of esters is 1. The zero-order valence-electron chi connectivity index (χ0n) is 23.7. The number of unbranched alkanes of at least 4 members (excludes halogenated alkanes) is 1. The van der Waals surface area contributed by atoms with Gasteiger partial charge in [0.1, 0.15) is 12.4 Å². The highest BCUT2D eigenvalue weighted by Gasteiger charge is 2.29. The van der Waals surface area contributed by atoms with E-state index in [4.69, 9.17) is 4.74 Å². The fourth-order valence-electron chi connectivity index (χ4n) is 4.22. The lowest BCUT2D eigenvalue weighted by Gasteiger charge is -2.24. The Bertz CT molecular complexity index is 1590. The number of rotatable bonds is 13. The van der Waals surface area contributed by atoms with Gasteiger partial charge in [-0.25, -0.2) is 18.4 Å². The molecule has 0 aliphatic heterocycles. The fraction of sp³-hybridized carbons (Fsp3) is 0.345. The van der Waals surface area contributed by atoms with Gasteiger partial charge in [-0.2, -0.15) is 0 Å². The highest BCUT2D eigenvalue weighted by Crippen LogP contribution is 2.30. The van der Waals surface area contributed by atoms with E-state index in [0.717, 1.165) is 40.3 Å². The van der Waals surface area contributed by atoms with Crippen LogP contribution in [0.1, 0.15) is 25.3 Å². The highest BCUT2D eigenvalue weighted by atomic mass is 79.9. The lowest BCUT2D eigenvalue weighted by Crippen LogP contribution is -2.36. The van der Waals surface area contributed by atoms with Crippen molar-refractivity contribution in [1.82, 2.24) is 19.4 Å². The van der Waals surface area contributed by atoms with E-state index in [0.29, 0.717) is 28.2 Å². The Morgan fingerprint density at radius 1 is 1.10 bits per heavy atom. The standard InChI is InChI=1S/C29H35BrN6O4S/c1-5-6-13-40-29(37)20-36(41(38,39)25-15-21(2)14-23(30)17-25)24-7-8-26-22(16-24)9-11-35(26)28-19-32-27(18-33-28)31-10-12-34(3)4/h7-9,11,14-19H,5-6,10,12-13,20H2,1-4H3,(H,31,32). The number of sulfonamides is 1. The number of aromatic nitrogens is 3. The lowest BCUT2D eigenvalue weighted by molar-refractivity contribution is -0.141. The number of ether oxygens (including phenoxy) is 1. The second kappa shape index (κ2) is 13.5. The Morgan fingerprint density at radius 3 is 2.59 bits per heavy atom. The zero-order valence-corrected chi connectivity index (χ0v) is 26.1. The molecule has 4 rings (SSSR count). The van der Waals surface area contributed by atoms with Crippen molar-refractivity contribution in [2.75, 3.05) is 50.0 Å². The van der Waals surface area contributed by atoms with Crippen molar-refractivity contribution < 1.29 is 17.9 Å². The van der Waals surface area contributed by atoms with Crippen molar-refractivity contribution in [3.8, 4) is 5.82 Å². The number of hydrogen-bond donors (Lipinski definition) is 1. The summed E-state index contributed by atoms with van der Waals surface area (Å²) in [4.78, 5) is 23.9. The molecule has 2 heterocycles. The first kappa shape index (κ1) is 30.5. The summed E-state index contributed by atoms with van der Waals surface area (Å²) < 4.78 is 36.7. The molecule has 0 amide bonds. The Balaban J connectivity index is 1.65. The first-order valence-corrected chi connectivity index (χ1v) is 15.6. The summed E-state index contributed by atoms with van der Waals surface area (Å²) in [7, 11) is -0.0764. The first-order valence-electron chi connectivity index (χ1n) is 13.4. The summed E-state index contributed by atoms with van der Waals surface area (Å²) in [5.41, 5.74) is 1.94. The molecule has 2 aromatic heterocycles. The Labute approximate surface area is 249 Å². The molecule has 0 saturated heterocycles. The number of aryl methyl sites for hydroxylation is 1. The molecule has 0 atom stereocenters. The summed E-state index contributed by atoms with van der Waals surface area (Å²) in [6, 6.07) is 12.1. The topological polar surface area (TPSA) is 110 Å². The number of fused-ring (bicyclic) bond motifs is 1. The van der Waals surface area contributed by atoms with Crippen LogP contribution < -0.4 is 9.62 Å². The van der Waals surface area contributed by atoms with Gasteiger partial charge in [0, 0.05) is 29.1 Å². The average Bonchev–Trinajstić information content (AvgIpc) is 3.35. The van der Waals surface area contributed by atoms with Crippen LogP contribution >= 0.6 is 15.9 Å². The minimum Gasteiger partial charge on any atom is -0.464 e. The molecule has 12 heteroatoms. The SMILES string of the molecule is CCCCOC(=O)CN(c1ccc2c(ccn2-c2cnc(NCCN(C)C)cn2)c1)S(=O)(=O)c1cc(C)cc(Br)c1. The van der Waals surface area contributed by atoms with Crippen LogP contribution in [-0.2, 0) is 19.6 Å². The van der Waals surface area contributed by atoms with E-state index in [1.807, 2.05) is 56.9 Å². The Hall–Kier alpha value is -3.48. The molecule has 0 bridgehead atoms. The summed E-state index contributed by atoms with van der Waals surface area (Å²) in [5, 5.41) is 4.02. The van der Waals surface area contributed by atoms with E-state index in [1.54, 1.807) is 30.6 Å². The third-order valence-corrected chi connectivity index (χ3v) is 8.56. The highest BCUT2D eigenvalue weighted by molar-refractivity contribution is 9.10. The molecule has 41 heavy (non-hydrogen) atoms. The smallest absolute Gasteiger partial charge is 0.326 e. The molecule has 0 saturated carbocycles. The van der Waals surface area contributed by atoms with Gasteiger partial charge in [0.15, 0.2) is 5.82 Å². The molecule has 10 nitrogen and oxygen atoms in total. The van der Waals surface area contributed by atoms with Crippen LogP contribution in [0.5, 0.6) is 0 Å². The number of carbonyl (C=O) groups excluding carboxylic acids is 1. The van der Waals surface area contributed by atoms with Crippen LogP contribution in [0.25, 0.3) is 16.7 Å². The Morgan fingerprint density at radius 2 is 1.90 bits per heavy atom. The summed E-state index contributed by atoms with van der Waals surface area (Å²) in [6.07, 6.45) is 6.79. The molecule has 0 unspecified atom stereocenters. The van der Waals surface area contributed by atoms with E-state index >= 15 is 0 Å². The van der Waals surface area contributed by atoms with Crippen LogP contribution in [0.3, 0.4) is 0 Å².